The van der Waals surface area contributed by atoms with Gasteiger partial charge in [-0.25, -0.2) is 4.79 Å². The molecule has 0 saturated carbocycles. The van der Waals surface area contributed by atoms with Crippen molar-refractivity contribution in [3.63, 3.8) is 0 Å². The minimum atomic E-state index is -0.0769. The highest BCUT2D eigenvalue weighted by Crippen LogP contribution is 2.30. The third-order valence-electron chi connectivity index (χ3n) is 2.98. The number of ether oxygens (including phenoxy) is 1. The summed E-state index contributed by atoms with van der Waals surface area (Å²) in [6, 6.07) is 0.191. The second-order valence-corrected chi connectivity index (χ2v) is 3.84. The lowest BCUT2D eigenvalue weighted by Gasteiger charge is -2.31. The molecule has 0 aromatic rings. The number of amides is 2. The van der Waals surface area contributed by atoms with Gasteiger partial charge in [0, 0.05) is 6.42 Å². The highest BCUT2D eigenvalue weighted by Gasteiger charge is 2.39. The predicted molar refractivity (Wildman–Crippen MR) is 50.6 cm³/mol. The molecular formula is C10H12N2O2. The SMILES string of the molecule is O=C1N[C@@H]2COC3=C(CC=CC3)[C@@H]2N1. The lowest BCUT2D eigenvalue weighted by Crippen LogP contribution is -2.43. The van der Waals surface area contributed by atoms with Gasteiger partial charge in [0.05, 0.1) is 12.1 Å². The Hall–Kier alpha value is -1.45. The second-order valence-electron chi connectivity index (χ2n) is 3.84. The first-order valence-electron chi connectivity index (χ1n) is 4.91. The summed E-state index contributed by atoms with van der Waals surface area (Å²) in [6.45, 7) is 0.593. The molecule has 14 heavy (non-hydrogen) atoms. The number of hydrogen-bond donors (Lipinski definition) is 2. The van der Waals surface area contributed by atoms with E-state index in [0.717, 1.165) is 18.6 Å². The molecule has 2 amide bonds. The standard InChI is InChI=1S/C10H12N2O2/c13-10-11-7-5-14-8-4-2-1-3-6(8)9(7)12-10/h1-2,7,9H,3-5H2,(H2,11,12,13)/t7-,9+/m1/s1. The van der Waals surface area contributed by atoms with E-state index in [4.69, 9.17) is 4.74 Å². The number of carbonyl (C=O) groups excluding carboxylic acids is 1. The lowest BCUT2D eigenvalue weighted by molar-refractivity contribution is 0.151. The van der Waals surface area contributed by atoms with Crippen molar-refractivity contribution in [1.82, 2.24) is 10.6 Å². The Labute approximate surface area is 82.0 Å². The van der Waals surface area contributed by atoms with E-state index in [-0.39, 0.29) is 18.1 Å². The van der Waals surface area contributed by atoms with Crippen LogP contribution < -0.4 is 10.6 Å². The minimum Gasteiger partial charge on any atom is -0.495 e. The van der Waals surface area contributed by atoms with Crippen molar-refractivity contribution in [3.8, 4) is 0 Å². The molecule has 3 aliphatic rings. The normalized spacial score (nSPS) is 34.1. The quantitative estimate of drug-likeness (QED) is 0.554. The molecule has 1 saturated heterocycles. The topological polar surface area (TPSA) is 50.4 Å². The Morgan fingerprint density at radius 2 is 2.14 bits per heavy atom. The second kappa shape index (κ2) is 2.77. The van der Waals surface area contributed by atoms with E-state index in [0.29, 0.717) is 6.61 Å². The Balaban J connectivity index is 1.93. The molecule has 2 aliphatic heterocycles. The van der Waals surface area contributed by atoms with Crippen LogP contribution in [-0.4, -0.2) is 24.7 Å². The number of hydrogen-bond acceptors (Lipinski definition) is 2. The monoisotopic (exact) mass is 192 g/mol. The fourth-order valence-corrected chi connectivity index (χ4v) is 2.29. The highest BCUT2D eigenvalue weighted by molar-refractivity contribution is 5.78. The number of rotatable bonds is 0. The van der Waals surface area contributed by atoms with Crippen molar-refractivity contribution >= 4 is 6.03 Å². The molecule has 2 N–H and O–H groups in total. The summed E-state index contributed by atoms with van der Waals surface area (Å²) < 4.78 is 5.62. The van der Waals surface area contributed by atoms with Crippen LogP contribution in [0.4, 0.5) is 4.79 Å². The van der Waals surface area contributed by atoms with Crippen LogP contribution in [0.25, 0.3) is 0 Å². The van der Waals surface area contributed by atoms with Crippen LogP contribution in [0, 0.1) is 0 Å². The molecule has 1 fully saturated rings. The summed E-state index contributed by atoms with van der Waals surface area (Å²) in [4.78, 5) is 11.2. The Bertz CT molecular complexity index is 346. The number of carbonyl (C=O) groups is 1. The molecule has 0 bridgehead atoms. The molecule has 0 aromatic carbocycles. The van der Waals surface area contributed by atoms with E-state index in [9.17, 15) is 4.79 Å². The van der Waals surface area contributed by atoms with Crippen molar-refractivity contribution in [3.05, 3.63) is 23.5 Å². The van der Waals surface area contributed by atoms with Gasteiger partial charge in [0.1, 0.15) is 12.4 Å². The lowest BCUT2D eigenvalue weighted by atomic mass is 9.91. The summed E-state index contributed by atoms with van der Waals surface area (Å²) in [6.07, 6.45) is 6.02. The van der Waals surface area contributed by atoms with Crippen molar-refractivity contribution in [2.45, 2.75) is 24.9 Å². The van der Waals surface area contributed by atoms with Crippen molar-refractivity contribution in [2.24, 2.45) is 0 Å². The van der Waals surface area contributed by atoms with Gasteiger partial charge in [0.2, 0.25) is 0 Å². The summed E-state index contributed by atoms with van der Waals surface area (Å²) in [7, 11) is 0. The van der Waals surface area contributed by atoms with Gasteiger partial charge in [-0.3, -0.25) is 0 Å². The maximum absolute atomic E-state index is 11.2. The molecule has 1 aliphatic carbocycles. The van der Waals surface area contributed by atoms with Crippen LogP contribution in [0.1, 0.15) is 12.8 Å². The largest absolute Gasteiger partial charge is 0.495 e. The fraction of sp³-hybridized carbons (Fsp3) is 0.500. The van der Waals surface area contributed by atoms with Crippen LogP contribution in [0.2, 0.25) is 0 Å². The summed E-state index contributed by atoms with van der Waals surface area (Å²) >= 11 is 0. The zero-order valence-corrected chi connectivity index (χ0v) is 7.75. The van der Waals surface area contributed by atoms with E-state index in [1.807, 2.05) is 0 Å². The van der Waals surface area contributed by atoms with Gasteiger partial charge in [0.25, 0.3) is 0 Å². The fourth-order valence-electron chi connectivity index (χ4n) is 2.29. The maximum Gasteiger partial charge on any atom is 0.315 e. The van der Waals surface area contributed by atoms with E-state index in [1.165, 1.54) is 5.57 Å². The van der Waals surface area contributed by atoms with Gasteiger partial charge in [-0.1, -0.05) is 12.2 Å². The number of fused-ring (bicyclic) bond motifs is 2. The van der Waals surface area contributed by atoms with Crippen LogP contribution in [0.3, 0.4) is 0 Å². The molecule has 0 spiro atoms. The zero-order chi connectivity index (χ0) is 9.54. The molecule has 0 aromatic heterocycles. The Kier molecular flexibility index (Phi) is 1.56. The molecule has 4 nitrogen and oxygen atoms in total. The Morgan fingerprint density at radius 1 is 1.29 bits per heavy atom. The van der Waals surface area contributed by atoms with Gasteiger partial charge in [-0.15, -0.1) is 0 Å². The highest BCUT2D eigenvalue weighted by atomic mass is 16.5. The van der Waals surface area contributed by atoms with E-state index in [1.54, 1.807) is 0 Å². The van der Waals surface area contributed by atoms with Crippen LogP contribution in [0.5, 0.6) is 0 Å². The molecule has 0 radical (unpaired) electrons. The molecule has 0 unspecified atom stereocenters. The third-order valence-corrected chi connectivity index (χ3v) is 2.98. The average Bonchev–Trinajstić information content (AvgIpc) is 2.59. The molecule has 74 valence electrons. The van der Waals surface area contributed by atoms with E-state index >= 15 is 0 Å². The van der Waals surface area contributed by atoms with E-state index in [2.05, 4.69) is 22.8 Å². The Morgan fingerprint density at radius 3 is 3.07 bits per heavy atom. The summed E-state index contributed by atoms with van der Waals surface area (Å²) in [5, 5.41) is 5.79. The maximum atomic E-state index is 11.2. The van der Waals surface area contributed by atoms with E-state index < -0.39 is 0 Å². The first-order valence-corrected chi connectivity index (χ1v) is 4.91. The van der Waals surface area contributed by atoms with Gasteiger partial charge in [-0.2, -0.15) is 0 Å². The zero-order valence-electron chi connectivity index (χ0n) is 7.75. The predicted octanol–water partition coefficient (Wildman–Crippen LogP) is 0.671. The first kappa shape index (κ1) is 7.91. The average molecular weight is 192 g/mol. The molecular weight excluding hydrogens is 180 g/mol. The van der Waals surface area contributed by atoms with Crippen molar-refractivity contribution in [2.75, 3.05) is 6.61 Å². The molecule has 4 heteroatoms. The van der Waals surface area contributed by atoms with Gasteiger partial charge in [0.15, 0.2) is 0 Å². The molecule has 2 heterocycles. The van der Waals surface area contributed by atoms with Crippen molar-refractivity contribution in [1.29, 1.82) is 0 Å². The van der Waals surface area contributed by atoms with Crippen molar-refractivity contribution < 1.29 is 9.53 Å². The van der Waals surface area contributed by atoms with Gasteiger partial charge < -0.3 is 15.4 Å². The molecule has 2 atom stereocenters. The van der Waals surface area contributed by atoms with Crippen LogP contribution in [0.15, 0.2) is 23.5 Å². The number of urea groups is 1. The summed E-state index contributed by atoms with van der Waals surface area (Å²) in [5.41, 5.74) is 1.24. The first-order chi connectivity index (χ1) is 6.84. The van der Waals surface area contributed by atoms with Crippen LogP contribution in [-0.2, 0) is 4.74 Å². The van der Waals surface area contributed by atoms with Gasteiger partial charge >= 0.3 is 6.03 Å². The molecule has 3 rings (SSSR count). The third kappa shape index (κ3) is 1.03. The summed E-state index contributed by atoms with van der Waals surface area (Å²) in [5.74, 6) is 1.05. The number of nitrogens with one attached hydrogen (secondary N) is 2. The van der Waals surface area contributed by atoms with Crippen LogP contribution >= 0.6 is 0 Å². The number of allylic oxidation sites excluding steroid dienone is 2. The smallest absolute Gasteiger partial charge is 0.315 e. The minimum absolute atomic E-state index is 0.0769. The van der Waals surface area contributed by atoms with Gasteiger partial charge in [-0.05, 0) is 12.0 Å².